The quantitative estimate of drug-likeness (QED) is 0.617. The zero-order chi connectivity index (χ0) is 17.6. The summed E-state index contributed by atoms with van der Waals surface area (Å²) in [5, 5.41) is 4.21. The molecule has 1 unspecified atom stereocenters. The molecule has 0 bridgehead atoms. The predicted octanol–water partition coefficient (Wildman–Crippen LogP) is 3.66. The van der Waals surface area contributed by atoms with E-state index in [2.05, 4.69) is 5.16 Å². The standard InChI is InChI=1S/C20H19NO4/c1-3-24-18(22)13-17-19(14-7-5-4-6-8-14)21-25-20(17)15-9-11-16(23-2)12-10-15/h4-13,20H,3H2,1-2H3/b17-13-. The van der Waals surface area contributed by atoms with Crippen molar-refractivity contribution in [3.8, 4) is 5.75 Å². The van der Waals surface area contributed by atoms with Crippen molar-refractivity contribution >= 4 is 11.7 Å². The number of hydrogen-bond donors (Lipinski definition) is 0. The fourth-order valence-corrected chi connectivity index (χ4v) is 2.63. The Morgan fingerprint density at radius 3 is 2.52 bits per heavy atom. The molecule has 0 radical (unpaired) electrons. The summed E-state index contributed by atoms with van der Waals surface area (Å²) in [6.45, 7) is 2.09. The normalized spacial score (nSPS) is 17.8. The lowest BCUT2D eigenvalue weighted by Gasteiger charge is -2.12. The molecule has 0 fully saturated rings. The number of rotatable bonds is 5. The molecule has 2 aromatic rings. The molecule has 0 saturated carbocycles. The monoisotopic (exact) mass is 337 g/mol. The minimum atomic E-state index is -0.467. The van der Waals surface area contributed by atoms with Crippen molar-refractivity contribution in [2.75, 3.05) is 13.7 Å². The van der Waals surface area contributed by atoms with E-state index in [9.17, 15) is 4.79 Å². The molecule has 0 spiro atoms. The van der Waals surface area contributed by atoms with Gasteiger partial charge in [0.25, 0.3) is 0 Å². The first-order valence-electron chi connectivity index (χ1n) is 8.05. The molecular weight excluding hydrogens is 318 g/mol. The van der Waals surface area contributed by atoms with E-state index < -0.39 is 12.1 Å². The summed E-state index contributed by atoms with van der Waals surface area (Å²) in [6, 6.07) is 17.1. The lowest BCUT2D eigenvalue weighted by molar-refractivity contribution is -0.137. The molecule has 1 aliphatic rings. The van der Waals surface area contributed by atoms with Gasteiger partial charge in [0.05, 0.1) is 13.7 Å². The van der Waals surface area contributed by atoms with Crippen molar-refractivity contribution < 1.29 is 19.1 Å². The van der Waals surface area contributed by atoms with Crippen LogP contribution in [0.2, 0.25) is 0 Å². The molecule has 0 N–H and O–H groups in total. The van der Waals surface area contributed by atoms with Crippen LogP contribution in [0.1, 0.15) is 24.2 Å². The van der Waals surface area contributed by atoms with E-state index in [1.54, 1.807) is 14.0 Å². The van der Waals surface area contributed by atoms with E-state index in [1.165, 1.54) is 6.08 Å². The van der Waals surface area contributed by atoms with Gasteiger partial charge in [-0.2, -0.15) is 0 Å². The van der Waals surface area contributed by atoms with E-state index in [0.717, 1.165) is 16.9 Å². The molecule has 5 heteroatoms. The summed E-state index contributed by atoms with van der Waals surface area (Å²) in [5.41, 5.74) is 3.07. The van der Waals surface area contributed by atoms with E-state index in [4.69, 9.17) is 14.3 Å². The first-order chi connectivity index (χ1) is 12.2. The van der Waals surface area contributed by atoms with Crippen molar-refractivity contribution in [1.82, 2.24) is 0 Å². The van der Waals surface area contributed by atoms with Crippen molar-refractivity contribution in [2.45, 2.75) is 13.0 Å². The van der Waals surface area contributed by atoms with E-state index in [1.807, 2.05) is 54.6 Å². The Kier molecular flexibility index (Phi) is 5.14. The average Bonchev–Trinajstić information content (AvgIpc) is 3.06. The second kappa shape index (κ2) is 7.66. The van der Waals surface area contributed by atoms with Gasteiger partial charge in [0.15, 0.2) is 6.10 Å². The number of nitrogens with zero attached hydrogens (tertiary/aromatic N) is 1. The molecule has 0 aliphatic carbocycles. The largest absolute Gasteiger partial charge is 0.497 e. The van der Waals surface area contributed by atoms with Crippen molar-refractivity contribution in [2.24, 2.45) is 5.16 Å². The van der Waals surface area contributed by atoms with Crippen molar-refractivity contribution in [1.29, 1.82) is 0 Å². The zero-order valence-electron chi connectivity index (χ0n) is 14.1. The Morgan fingerprint density at radius 1 is 1.16 bits per heavy atom. The smallest absolute Gasteiger partial charge is 0.331 e. The Labute approximate surface area is 146 Å². The van der Waals surface area contributed by atoms with Crippen molar-refractivity contribution in [3.05, 3.63) is 77.4 Å². The summed E-state index contributed by atoms with van der Waals surface area (Å²) in [4.78, 5) is 17.7. The molecule has 1 heterocycles. The van der Waals surface area contributed by atoms with Crippen LogP contribution in [0.5, 0.6) is 5.75 Å². The van der Waals surface area contributed by atoms with Crippen LogP contribution in [0.4, 0.5) is 0 Å². The van der Waals surface area contributed by atoms with Gasteiger partial charge < -0.3 is 14.3 Å². The van der Waals surface area contributed by atoms with Crippen LogP contribution in [-0.4, -0.2) is 25.4 Å². The maximum atomic E-state index is 12.0. The summed E-state index contributed by atoms with van der Waals surface area (Å²) in [7, 11) is 1.61. The Morgan fingerprint density at radius 2 is 1.88 bits per heavy atom. The number of carbonyl (C=O) groups is 1. The van der Waals surface area contributed by atoms with Gasteiger partial charge >= 0.3 is 5.97 Å². The van der Waals surface area contributed by atoms with Gasteiger partial charge in [-0.05, 0) is 24.6 Å². The topological polar surface area (TPSA) is 57.1 Å². The molecule has 0 saturated heterocycles. The molecule has 1 aliphatic heterocycles. The minimum absolute atomic E-state index is 0.314. The van der Waals surface area contributed by atoms with Crippen LogP contribution in [0.15, 0.2) is 71.4 Å². The minimum Gasteiger partial charge on any atom is -0.497 e. The van der Waals surface area contributed by atoms with Gasteiger partial charge in [-0.3, -0.25) is 0 Å². The average molecular weight is 337 g/mol. The first kappa shape index (κ1) is 16.8. The molecule has 0 aromatic heterocycles. The van der Waals surface area contributed by atoms with E-state index in [0.29, 0.717) is 17.9 Å². The van der Waals surface area contributed by atoms with Crippen LogP contribution < -0.4 is 4.74 Å². The SMILES string of the molecule is CCOC(=O)/C=C1/C(c2ccccc2)=NOC1c1ccc(OC)cc1. The van der Waals surface area contributed by atoms with Crippen LogP contribution in [-0.2, 0) is 14.4 Å². The fourth-order valence-electron chi connectivity index (χ4n) is 2.63. The van der Waals surface area contributed by atoms with Gasteiger partial charge in [0.2, 0.25) is 0 Å². The van der Waals surface area contributed by atoms with Crippen LogP contribution in [0.25, 0.3) is 0 Å². The molecule has 2 aromatic carbocycles. The lowest BCUT2D eigenvalue weighted by atomic mass is 9.94. The van der Waals surface area contributed by atoms with Gasteiger partial charge in [0, 0.05) is 17.2 Å². The number of carbonyl (C=O) groups excluding carboxylic acids is 1. The molecule has 128 valence electrons. The van der Waals surface area contributed by atoms with E-state index >= 15 is 0 Å². The highest BCUT2D eigenvalue weighted by Gasteiger charge is 2.31. The highest BCUT2D eigenvalue weighted by molar-refractivity contribution is 6.16. The third-order valence-electron chi connectivity index (χ3n) is 3.83. The molecule has 25 heavy (non-hydrogen) atoms. The number of oxime groups is 1. The molecular formula is C20H19NO4. The second-order valence-corrected chi connectivity index (χ2v) is 5.42. The summed E-state index contributed by atoms with van der Waals surface area (Å²) in [6.07, 6.45) is 0.988. The third-order valence-corrected chi connectivity index (χ3v) is 3.83. The maximum absolute atomic E-state index is 12.0. The molecule has 3 rings (SSSR count). The molecule has 5 nitrogen and oxygen atoms in total. The second-order valence-electron chi connectivity index (χ2n) is 5.42. The van der Waals surface area contributed by atoms with Crippen LogP contribution >= 0.6 is 0 Å². The Hall–Kier alpha value is -3.08. The number of benzene rings is 2. The number of hydrogen-bond acceptors (Lipinski definition) is 5. The third kappa shape index (κ3) is 3.71. The van der Waals surface area contributed by atoms with Crippen molar-refractivity contribution in [3.63, 3.8) is 0 Å². The highest BCUT2D eigenvalue weighted by atomic mass is 16.6. The maximum Gasteiger partial charge on any atom is 0.331 e. The van der Waals surface area contributed by atoms with Gasteiger partial charge in [-0.15, -0.1) is 0 Å². The summed E-state index contributed by atoms with van der Waals surface area (Å²) in [5.74, 6) is 0.340. The lowest BCUT2D eigenvalue weighted by Crippen LogP contribution is -2.11. The summed E-state index contributed by atoms with van der Waals surface area (Å²) >= 11 is 0. The first-order valence-corrected chi connectivity index (χ1v) is 8.05. The van der Waals surface area contributed by atoms with E-state index in [-0.39, 0.29) is 0 Å². The molecule has 1 atom stereocenters. The zero-order valence-corrected chi connectivity index (χ0v) is 14.1. The number of ether oxygens (including phenoxy) is 2. The van der Waals surface area contributed by atoms with Gasteiger partial charge in [-0.1, -0.05) is 47.6 Å². The molecule has 0 amide bonds. The van der Waals surface area contributed by atoms with Crippen LogP contribution in [0, 0.1) is 0 Å². The number of methoxy groups -OCH3 is 1. The summed E-state index contributed by atoms with van der Waals surface area (Å²) < 4.78 is 10.3. The van der Waals surface area contributed by atoms with Crippen LogP contribution in [0.3, 0.4) is 0 Å². The number of esters is 1. The van der Waals surface area contributed by atoms with Gasteiger partial charge in [0.1, 0.15) is 11.5 Å². The highest BCUT2D eigenvalue weighted by Crippen LogP contribution is 2.35. The van der Waals surface area contributed by atoms with Gasteiger partial charge in [-0.25, -0.2) is 4.79 Å². The Balaban J connectivity index is 1.97. The Bertz CT molecular complexity index is 794. The fraction of sp³-hybridized carbons (Fsp3) is 0.200. The predicted molar refractivity (Wildman–Crippen MR) is 94.5 cm³/mol.